The molecule has 0 saturated carbocycles. The zero-order chi connectivity index (χ0) is 12.4. The molecule has 0 spiro atoms. The molecule has 0 aliphatic heterocycles. The summed E-state index contributed by atoms with van der Waals surface area (Å²) >= 11 is 1.58. The summed E-state index contributed by atoms with van der Waals surface area (Å²) in [5.74, 6) is 0.330. The van der Waals surface area contributed by atoms with Crippen LogP contribution in [0.3, 0.4) is 0 Å². The second kappa shape index (κ2) is 5.15. The Morgan fingerprint density at radius 3 is 2.76 bits per heavy atom. The van der Waals surface area contributed by atoms with Gasteiger partial charge in [0.15, 0.2) is 0 Å². The Bertz CT molecular complexity index is 516. The molecule has 1 nitrogen and oxygen atoms in total. The first-order valence-corrected chi connectivity index (χ1v) is 6.87. The molecule has 1 aromatic heterocycles. The van der Waals surface area contributed by atoms with Gasteiger partial charge >= 0.3 is 0 Å². The number of thiophene rings is 1. The summed E-state index contributed by atoms with van der Waals surface area (Å²) in [5, 5.41) is 4.41. The highest BCUT2D eigenvalue weighted by Gasteiger charge is 2.16. The average molecular weight is 251 g/mol. The number of benzene rings is 1. The van der Waals surface area contributed by atoms with Gasteiger partial charge in [0.2, 0.25) is 0 Å². The third kappa shape index (κ3) is 2.35. The first kappa shape index (κ1) is 12.5. The van der Waals surface area contributed by atoms with Crippen molar-refractivity contribution in [2.45, 2.75) is 33.2 Å². The Morgan fingerprint density at radius 1 is 1.35 bits per heavy atom. The number of hydrogen-bond donors (Lipinski definition) is 1. The maximum absolute atomic E-state index is 13.8. The molecule has 0 radical (unpaired) electrons. The molecule has 0 atom stereocenters. The zero-order valence-corrected chi connectivity index (χ0v) is 11.3. The molecule has 0 aliphatic rings. The smallest absolute Gasteiger partial charge is 0.141 e. The monoisotopic (exact) mass is 251 g/mol. The fraction of sp³-hybridized carbons (Fsp3) is 0.429. The summed E-state index contributed by atoms with van der Waals surface area (Å²) in [5.41, 5.74) is 1.30. The number of hydrogen-bond acceptors (Lipinski definition) is 2. The van der Waals surface area contributed by atoms with Gasteiger partial charge in [-0.3, -0.25) is 0 Å². The van der Waals surface area contributed by atoms with Crippen molar-refractivity contribution in [3.8, 4) is 0 Å². The van der Waals surface area contributed by atoms with Crippen LogP contribution >= 0.6 is 11.3 Å². The molecular formula is C14H18FNS. The van der Waals surface area contributed by atoms with E-state index in [0.29, 0.717) is 5.92 Å². The lowest BCUT2D eigenvalue weighted by atomic mass is 9.99. The van der Waals surface area contributed by atoms with Gasteiger partial charge in [-0.15, -0.1) is 11.3 Å². The molecule has 1 heterocycles. The lowest BCUT2D eigenvalue weighted by Gasteiger charge is -2.08. The lowest BCUT2D eigenvalue weighted by Crippen LogP contribution is -2.12. The molecule has 0 fully saturated rings. The van der Waals surface area contributed by atoms with Crippen LogP contribution in [0.25, 0.3) is 10.1 Å². The molecule has 1 N–H and O–H groups in total. The number of nitrogens with one attached hydrogen (secondary N) is 1. The van der Waals surface area contributed by atoms with Crippen LogP contribution in [0.1, 0.15) is 37.1 Å². The van der Waals surface area contributed by atoms with E-state index in [0.717, 1.165) is 23.2 Å². The van der Waals surface area contributed by atoms with Crippen molar-refractivity contribution in [3.63, 3.8) is 0 Å². The minimum Gasteiger partial charge on any atom is -0.312 e. The minimum atomic E-state index is -0.0999. The van der Waals surface area contributed by atoms with Crippen LogP contribution in [0.2, 0.25) is 0 Å². The number of halogens is 1. The van der Waals surface area contributed by atoms with Crippen molar-refractivity contribution in [1.29, 1.82) is 0 Å². The highest BCUT2D eigenvalue weighted by atomic mass is 32.1. The summed E-state index contributed by atoms with van der Waals surface area (Å²) < 4.78 is 14.6. The summed E-state index contributed by atoms with van der Waals surface area (Å²) in [4.78, 5) is 1.27. The Kier molecular flexibility index (Phi) is 3.79. The average Bonchev–Trinajstić information content (AvgIpc) is 2.66. The van der Waals surface area contributed by atoms with Crippen LogP contribution in [-0.4, -0.2) is 6.54 Å². The van der Waals surface area contributed by atoms with E-state index in [-0.39, 0.29) is 5.82 Å². The second-order valence-electron chi connectivity index (χ2n) is 4.49. The van der Waals surface area contributed by atoms with Gasteiger partial charge in [-0.2, -0.15) is 0 Å². The van der Waals surface area contributed by atoms with E-state index in [1.807, 2.05) is 6.07 Å². The second-order valence-corrected chi connectivity index (χ2v) is 5.60. The Balaban J connectivity index is 2.58. The fourth-order valence-electron chi connectivity index (χ4n) is 2.16. The highest BCUT2D eigenvalue weighted by molar-refractivity contribution is 7.19. The van der Waals surface area contributed by atoms with Crippen molar-refractivity contribution in [1.82, 2.24) is 5.32 Å². The van der Waals surface area contributed by atoms with Crippen molar-refractivity contribution in [2.24, 2.45) is 0 Å². The van der Waals surface area contributed by atoms with Crippen molar-refractivity contribution in [3.05, 3.63) is 34.5 Å². The van der Waals surface area contributed by atoms with Crippen molar-refractivity contribution in [2.75, 3.05) is 6.54 Å². The van der Waals surface area contributed by atoms with Gasteiger partial charge in [0.05, 0.1) is 4.70 Å². The normalized spacial score (nSPS) is 11.6. The molecular weight excluding hydrogens is 233 g/mol. The summed E-state index contributed by atoms with van der Waals surface area (Å²) in [6.07, 6.45) is 0. The number of fused-ring (bicyclic) bond motifs is 1. The van der Waals surface area contributed by atoms with E-state index >= 15 is 0 Å². The van der Waals surface area contributed by atoms with E-state index in [1.165, 1.54) is 10.4 Å². The molecule has 3 heteroatoms. The van der Waals surface area contributed by atoms with E-state index in [1.54, 1.807) is 23.5 Å². The van der Waals surface area contributed by atoms with Crippen LogP contribution in [-0.2, 0) is 6.54 Å². The maximum Gasteiger partial charge on any atom is 0.141 e. The van der Waals surface area contributed by atoms with Gasteiger partial charge < -0.3 is 5.32 Å². The third-order valence-corrected chi connectivity index (χ3v) is 4.13. The Labute approximate surface area is 106 Å². The van der Waals surface area contributed by atoms with E-state index in [4.69, 9.17) is 0 Å². The van der Waals surface area contributed by atoms with Crippen molar-refractivity contribution < 1.29 is 4.39 Å². The molecule has 0 bridgehead atoms. The predicted molar refractivity (Wildman–Crippen MR) is 73.3 cm³/mol. The molecule has 92 valence electrons. The molecule has 2 aromatic rings. The van der Waals surface area contributed by atoms with E-state index in [9.17, 15) is 4.39 Å². The van der Waals surface area contributed by atoms with Crippen LogP contribution in [0.4, 0.5) is 4.39 Å². The summed E-state index contributed by atoms with van der Waals surface area (Å²) in [6.45, 7) is 8.20. The molecule has 0 saturated heterocycles. The number of rotatable bonds is 4. The Morgan fingerprint density at radius 2 is 2.12 bits per heavy atom. The fourth-order valence-corrected chi connectivity index (χ4v) is 3.49. The molecule has 17 heavy (non-hydrogen) atoms. The van der Waals surface area contributed by atoms with Crippen molar-refractivity contribution >= 4 is 21.4 Å². The van der Waals surface area contributed by atoms with Gasteiger partial charge in [0.25, 0.3) is 0 Å². The first-order valence-electron chi connectivity index (χ1n) is 6.05. The Hall–Kier alpha value is -0.930. The predicted octanol–water partition coefficient (Wildman–Crippen LogP) is 4.27. The van der Waals surface area contributed by atoms with Crippen LogP contribution in [0.5, 0.6) is 0 Å². The lowest BCUT2D eigenvalue weighted by molar-refractivity contribution is 0.641. The van der Waals surface area contributed by atoms with Gasteiger partial charge in [0.1, 0.15) is 5.82 Å². The molecule has 0 unspecified atom stereocenters. The quantitative estimate of drug-likeness (QED) is 0.855. The summed E-state index contributed by atoms with van der Waals surface area (Å²) in [7, 11) is 0. The molecule has 0 amide bonds. The highest BCUT2D eigenvalue weighted by Crippen LogP contribution is 2.37. The standard InChI is InChI=1S/C14H18FNS/c1-4-16-8-12-13(9(2)3)10-6-5-7-11(15)14(10)17-12/h5-7,9,16H,4,8H2,1-3H3. The minimum absolute atomic E-state index is 0.0999. The van der Waals surface area contributed by atoms with Gasteiger partial charge in [-0.05, 0) is 29.5 Å². The molecule has 0 aliphatic carbocycles. The van der Waals surface area contributed by atoms with Crippen LogP contribution in [0.15, 0.2) is 18.2 Å². The maximum atomic E-state index is 13.8. The SMILES string of the molecule is CCNCc1sc2c(F)cccc2c1C(C)C. The van der Waals surface area contributed by atoms with Gasteiger partial charge in [-0.25, -0.2) is 4.39 Å². The van der Waals surface area contributed by atoms with Crippen LogP contribution in [0, 0.1) is 5.82 Å². The topological polar surface area (TPSA) is 12.0 Å². The van der Waals surface area contributed by atoms with E-state index in [2.05, 4.69) is 26.1 Å². The van der Waals surface area contributed by atoms with E-state index < -0.39 is 0 Å². The summed E-state index contributed by atoms with van der Waals surface area (Å²) in [6, 6.07) is 5.37. The zero-order valence-electron chi connectivity index (χ0n) is 10.5. The van der Waals surface area contributed by atoms with Crippen LogP contribution < -0.4 is 5.32 Å². The van der Waals surface area contributed by atoms with Gasteiger partial charge in [-0.1, -0.05) is 32.9 Å². The third-order valence-electron chi connectivity index (χ3n) is 2.90. The largest absolute Gasteiger partial charge is 0.312 e. The van der Waals surface area contributed by atoms with Gasteiger partial charge in [0, 0.05) is 11.4 Å². The first-order chi connectivity index (χ1) is 8.15. The molecule has 1 aromatic carbocycles. The molecule has 2 rings (SSSR count).